The monoisotopic (exact) mass is 475 g/mol. The molecule has 0 bridgehead atoms. The van der Waals surface area contributed by atoms with E-state index in [4.69, 9.17) is 4.98 Å². The van der Waals surface area contributed by atoms with E-state index in [1.165, 1.54) is 31.3 Å². The van der Waals surface area contributed by atoms with Crippen LogP contribution in [-0.4, -0.2) is 35.2 Å². The van der Waals surface area contributed by atoms with Crippen molar-refractivity contribution in [2.24, 2.45) is 7.05 Å². The van der Waals surface area contributed by atoms with E-state index in [2.05, 4.69) is 41.2 Å². The van der Waals surface area contributed by atoms with Crippen LogP contribution in [0.2, 0.25) is 0 Å². The number of imidazole rings is 1. The van der Waals surface area contributed by atoms with E-state index in [1.807, 2.05) is 28.6 Å². The van der Waals surface area contributed by atoms with Crippen LogP contribution < -0.4 is 5.32 Å². The van der Waals surface area contributed by atoms with Gasteiger partial charge in [-0.15, -0.1) is 0 Å². The Balaban J connectivity index is 1.37. The number of aromatic nitrogens is 6. The molecule has 1 amide bonds. The van der Waals surface area contributed by atoms with Crippen LogP contribution in [0, 0.1) is 5.82 Å². The van der Waals surface area contributed by atoms with Crippen molar-refractivity contribution in [3.8, 4) is 11.1 Å². The van der Waals surface area contributed by atoms with Crippen LogP contribution in [0.25, 0.3) is 22.3 Å². The maximum absolute atomic E-state index is 14.4. The van der Waals surface area contributed by atoms with Crippen LogP contribution in [0.3, 0.4) is 0 Å². The molecule has 1 aliphatic rings. The smallest absolute Gasteiger partial charge is 0.272 e. The van der Waals surface area contributed by atoms with Crippen molar-refractivity contribution in [3.63, 3.8) is 0 Å². The first-order chi connectivity index (χ1) is 16.7. The lowest BCUT2D eigenvalue weighted by Crippen LogP contribution is -2.25. The number of hydrogen-bond donors (Lipinski definition) is 1. The fourth-order valence-electron chi connectivity index (χ4n) is 4.80. The summed E-state index contributed by atoms with van der Waals surface area (Å²) < 4.78 is 18.2. The second kappa shape index (κ2) is 8.87. The molecule has 1 saturated carbocycles. The second-order valence-electron chi connectivity index (χ2n) is 10.3. The van der Waals surface area contributed by atoms with E-state index >= 15 is 0 Å². The zero-order valence-electron chi connectivity index (χ0n) is 20.5. The van der Waals surface area contributed by atoms with Crippen molar-refractivity contribution in [3.05, 3.63) is 59.8 Å². The molecule has 0 aliphatic heterocycles. The van der Waals surface area contributed by atoms with Gasteiger partial charge in [0.05, 0.1) is 11.7 Å². The van der Waals surface area contributed by atoms with Gasteiger partial charge in [0.25, 0.3) is 5.91 Å². The fourth-order valence-corrected chi connectivity index (χ4v) is 4.80. The van der Waals surface area contributed by atoms with E-state index in [-0.39, 0.29) is 29.5 Å². The van der Waals surface area contributed by atoms with Gasteiger partial charge < -0.3 is 9.88 Å². The molecule has 8 nitrogen and oxygen atoms in total. The van der Waals surface area contributed by atoms with Gasteiger partial charge in [-0.25, -0.2) is 19.3 Å². The quantitative estimate of drug-likeness (QED) is 0.452. The molecule has 35 heavy (non-hydrogen) atoms. The van der Waals surface area contributed by atoms with Crippen molar-refractivity contribution in [2.45, 2.75) is 64.5 Å². The first-order valence-corrected chi connectivity index (χ1v) is 12.0. The van der Waals surface area contributed by atoms with Crippen LogP contribution in [0.1, 0.15) is 74.2 Å². The standard InChI is InChI=1S/C26H30FN7O/c1-26(2,3)34-14-19(13-31-34)18-9-16(10-20(27)11-18)12-28-25(35)21-22-23(30-15-29-21)32-24(33(22)4)17-7-5-6-8-17/h9-11,13-15,17H,5-8,12H2,1-4H3,(H,28,35). The normalized spacial score (nSPS) is 14.7. The van der Waals surface area contributed by atoms with Gasteiger partial charge >= 0.3 is 0 Å². The molecule has 3 heterocycles. The van der Waals surface area contributed by atoms with Crippen LogP contribution in [0.4, 0.5) is 4.39 Å². The Labute approximate surface area is 203 Å². The third-order valence-electron chi connectivity index (χ3n) is 6.65. The number of halogens is 1. The number of nitrogens with one attached hydrogen (secondary N) is 1. The molecule has 4 aromatic rings. The Bertz CT molecular complexity index is 1390. The Kier molecular flexibility index (Phi) is 5.86. The highest BCUT2D eigenvalue weighted by molar-refractivity contribution is 6.02. The summed E-state index contributed by atoms with van der Waals surface area (Å²) in [6.45, 7) is 6.33. The molecule has 0 unspecified atom stereocenters. The van der Waals surface area contributed by atoms with Gasteiger partial charge in [0.2, 0.25) is 0 Å². The lowest BCUT2D eigenvalue weighted by molar-refractivity contribution is 0.0947. The highest BCUT2D eigenvalue weighted by Gasteiger charge is 2.25. The zero-order chi connectivity index (χ0) is 24.7. The largest absolute Gasteiger partial charge is 0.347 e. The summed E-state index contributed by atoms with van der Waals surface area (Å²) in [7, 11) is 1.92. The Hall–Kier alpha value is -3.62. The van der Waals surface area contributed by atoms with Gasteiger partial charge in [-0.05, 0) is 62.9 Å². The summed E-state index contributed by atoms with van der Waals surface area (Å²) in [6, 6.07) is 4.77. The number of benzene rings is 1. The van der Waals surface area contributed by atoms with Crippen molar-refractivity contribution in [2.75, 3.05) is 0 Å². The number of hydrogen-bond acceptors (Lipinski definition) is 5. The van der Waals surface area contributed by atoms with Gasteiger partial charge in [-0.2, -0.15) is 5.10 Å². The number of aryl methyl sites for hydroxylation is 1. The van der Waals surface area contributed by atoms with Crippen molar-refractivity contribution < 1.29 is 9.18 Å². The third-order valence-corrected chi connectivity index (χ3v) is 6.65. The van der Waals surface area contributed by atoms with E-state index < -0.39 is 0 Å². The van der Waals surface area contributed by atoms with Crippen LogP contribution in [0.15, 0.2) is 36.9 Å². The van der Waals surface area contributed by atoms with Gasteiger partial charge in [0.1, 0.15) is 23.5 Å². The minimum Gasteiger partial charge on any atom is -0.347 e. The first kappa shape index (κ1) is 23.1. The second-order valence-corrected chi connectivity index (χ2v) is 10.3. The lowest BCUT2D eigenvalue weighted by Gasteiger charge is -2.18. The van der Waals surface area contributed by atoms with E-state index in [9.17, 15) is 9.18 Å². The maximum Gasteiger partial charge on any atom is 0.272 e. The Morgan fingerprint density at radius 1 is 1.14 bits per heavy atom. The molecule has 9 heteroatoms. The maximum atomic E-state index is 14.4. The topological polar surface area (TPSA) is 90.5 Å². The molecule has 0 spiro atoms. The number of rotatable bonds is 5. The third kappa shape index (κ3) is 4.54. The SMILES string of the molecule is Cn1c(C2CCCC2)nc2ncnc(C(=O)NCc3cc(F)cc(-c4cnn(C(C)(C)C)c4)c3)c21. The number of fused-ring (bicyclic) bond motifs is 1. The average molecular weight is 476 g/mol. The minimum absolute atomic E-state index is 0.163. The number of carbonyl (C=O) groups excluding carboxylic acids is 1. The molecule has 1 N–H and O–H groups in total. The Morgan fingerprint density at radius 3 is 2.63 bits per heavy atom. The van der Waals surface area contributed by atoms with Gasteiger partial charge in [0, 0.05) is 31.3 Å². The summed E-state index contributed by atoms with van der Waals surface area (Å²) in [5, 5.41) is 7.30. The first-order valence-electron chi connectivity index (χ1n) is 12.0. The van der Waals surface area contributed by atoms with Crippen molar-refractivity contribution in [1.82, 2.24) is 34.6 Å². The van der Waals surface area contributed by atoms with Crippen LogP contribution in [0.5, 0.6) is 0 Å². The molecule has 0 saturated heterocycles. The van der Waals surface area contributed by atoms with Crippen molar-refractivity contribution >= 4 is 17.1 Å². The zero-order valence-corrected chi connectivity index (χ0v) is 20.5. The summed E-state index contributed by atoms with van der Waals surface area (Å²) in [5.74, 6) is 0.633. The highest BCUT2D eigenvalue weighted by Crippen LogP contribution is 2.34. The minimum atomic E-state index is -0.368. The van der Waals surface area contributed by atoms with Crippen LogP contribution in [-0.2, 0) is 19.1 Å². The summed E-state index contributed by atoms with van der Waals surface area (Å²) in [6.07, 6.45) is 9.59. The molecular weight excluding hydrogens is 445 g/mol. The fraction of sp³-hybridized carbons (Fsp3) is 0.423. The van der Waals surface area contributed by atoms with E-state index in [0.717, 1.165) is 24.2 Å². The number of carbonyl (C=O) groups is 1. The molecule has 1 aromatic carbocycles. The van der Waals surface area contributed by atoms with E-state index in [0.29, 0.717) is 28.2 Å². The molecule has 1 fully saturated rings. The summed E-state index contributed by atoms with van der Waals surface area (Å²) in [5.41, 5.74) is 3.44. The molecule has 5 rings (SSSR count). The Morgan fingerprint density at radius 2 is 1.91 bits per heavy atom. The van der Waals surface area contributed by atoms with Crippen molar-refractivity contribution in [1.29, 1.82) is 0 Å². The average Bonchev–Trinajstić information content (AvgIpc) is 3.57. The number of nitrogens with zero attached hydrogens (tertiary/aromatic N) is 6. The predicted molar refractivity (Wildman–Crippen MR) is 131 cm³/mol. The highest BCUT2D eigenvalue weighted by atomic mass is 19.1. The molecule has 1 aliphatic carbocycles. The van der Waals surface area contributed by atoms with Gasteiger partial charge in [-0.3, -0.25) is 9.48 Å². The molecule has 0 atom stereocenters. The molecule has 3 aromatic heterocycles. The van der Waals surface area contributed by atoms with Gasteiger partial charge in [-0.1, -0.05) is 12.8 Å². The predicted octanol–water partition coefficient (Wildman–Crippen LogP) is 4.71. The summed E-state index contributed by atoms with van der Waals surface area (Å²) >= 11 is 0. The number of amides is 1. The molecule has 182 valence electrons. The molecular formula is C26H30FN7O. The van der Waals surface area contributed by atoms with Gasteiger partial charge in [0.15, 0.2) is 11.3 Å². The lowest BCUT2D eigenvalue weighted by atomic mass is 10.1. The summed E-state index contributed by atoms with van der Waals surface area (Å²) in [4.78, 5) is 26.4. The van der Waals surface area contributed by atoms with E-state index in [1.54, 1.807) is 6.20 Å². The molecule has 0 radical (unpaired) electrons. The van der Waals surface area contributed by atoms with Crippen LogP contribution >= 0.6 is 0 Å².